The van der Waals surface area contributed by atoms with E-state index in [0.717, 1.165) is 4.40 Å². The summed E-state index contributed by atoms with van der Waals surface area (Å²) in [6, 6.07) is 10.3. The molecule has 0 bridgehead atoms. The predicted octanol–water partition coefficient (Wildman–Crippen LogP) is 1.89. The normalized spacial score (nSPS) is 12.1. The molecule has 0 amide bonds. The second-order valence-corrected chi connectivity index (χ2v) is 5.22. The molecule has 0 aliphatic heterocycles. The Hall–Kier alpha value is -3.33. The highest BCUT2D eigenvalue weighted by molar-refractivity contribution is 5.59. The fourth-order valence-corrected chi connectivity index (χ4v) is 2.42. The van der Waals surface area contributed by atoms with Gasteiger partial charge in [0.25, 0.3) is 0 Å². The van der Waals surface area contributed by atoms with Crippen molar-refractivity contribution in [2.24, 2.45) is 0 Å². The molecule has 128 valence electrons. The van der Waals surface area contributed by atoms with Gasteiger partial charge in [0.2, 0.25) is 5.82 Å². The molecule has 0 spiro atoms. The summed E-state index contributed by atoms with van der Waals surface area (Å²) in [6.45, 7) is -0.253. The molecule has 1 aromatic carbocycles. The number of aromatic nitrogens is 2. The highest BCUT2D eigenvalue weighted by atomic mass is 19.1. The number of nitrogens with one attached hydrogen (secondary N) is 1. The molecule has 1 unspecified atom stereocenters. The van der Waals surface area contributed by atoms with Gasteiger partial charge >= 0.3 is 11.2 Å². The Bertz CT molecular complexity index is 1000. The van der Waals surface area contributed by atoms with E-state index in [1.165, 1.54) is 30.5 Å². The van der Waals surface area contributed by atoms with E-state index in [-0.39, 0.29) is 23.6 Å². The Morgan fingerprint density at radius 2 is 2.00 bits per heavy atom. The average Bonchev–Trinajstić information content (AvgIpc) is 2.60. The van der Waals surface area contributed by atoms with Gasteiger partial charge in [-0.3, -0.25) is 19.3 Å². The molecule has 0 aliphatic rings. The molecule has 2 N–H and O–H groups in total. The summed E-state index contributed by atoms with van der Waals surface area (Å²) in [7, 11) is 0. The molecule has 0 fully saturated rings. The van der Waals surface area contributed by atoms with Crippen molar-refractivity contribution < 1.29 is 14.4 Å². The van der Waals surface area contributed by atoms with E-state index in [1.54, 1.807) is 18.2 Å². The number of hydrogen-bond donors (Lipinski definition) is 2. The molecule has 3 rings (SSSR count). The fourth-order valence-electron chi connectivity index (χ4n) is 2.42. The SMILES string of the molecule is O=c1c([N+](=O)[O-])c(NCC(O)c2ccccc2F)nc2ccccn12. The number of nitrogens with zero attached hydrogens (tertiary/aromatic N) is 3. The maximum Gasteiger partial charge on any atom is 0.376 e. The molecule has 25 heavy (non-hydrogen) atoms. The first-order valence-electron chi connectivity index (χ1n) is 7.31. The predicted molar refractivity (Wildman–Crippen MR) is 88.0 cm³/mol. The molecular formula is C16H13FN4O4. The molecule has 0 saturated heterocycles. The zero-order chi connectivity index (χ0) is 18.0. The van der Waals surface area contributed by atoms with Gasteiger partial charge in [-0.2, -0.15) is 0 Å². The Kier molecular flexibility index (Phi) is 4.40. The summed E-state index contributed by atoms with van der Waals surface area (Å²) < 4.78 is 14.7. The zero-order valence-corrected chi connectivity index (χ0v) is 12.8. The number of nitro groups is 1. The van der Waals surface area contributed by atoms with Crippen LogP contribution in [0.3, 0.4) is 0 Å². The first kappa shape index (κ1) is 16.5. The second kappa shape index (κ2) is 6.65. The lowest BCUT2D eigenvalue weighted by atomic mass is 10.1. The minimum Gasteiger partial charge on any atom is -0.386 e. The highest BCUT2D eigenvalue weighted by Crippen LogP contribution is 2.21. The van der Waals surface area contributed by atoms with Crippen molar-refractivity contribution in [3.05, 3.63) is 80.5 Å². The number of fused-ring (bicyclic) bond motifs is 1. The van der Waals surface area contributed by atoms with Crippen LogP contribution in [-0.2, 0) is 0 Å². The molecule has 8 nitrogen and oxygen atoms in total. The van der Waals surface area contributed by atoms with Gasteiger partial charge in [0.15, 0.2) is 0 Å². The third-order valence-electron chi connectivity index (χ3n) is 3.62. The van der Waals surface area contributed by atoms with E-state index in [0.29, 0.717) is 0 Å². The topological polar surface area (TPSA) is 110 Å². The maximum absolute atomic E-state index is 13.7. The van der Waals surface area contributed by atoms with Crippen LogP contribution in [0.25, 0.3) is 5.65 Å². The Morgan fingerprint density at radius 1 is 1.28 bits per heavy atom. The third kappa shape index (κ3) is 3.17. The quantitative estimate of drug-likeness (QED) is 0.540. The van der Waals surface area contributed by atoms with Crippen molar-refractivity contribution in [1.82, 2.24) is 9.38 Å². The number of aliphatic hydroxyl groups is 1. The van der Waals surface area contributed by atoms with Gasteiger partial charge in [-0.25, -0.2) is 9.37 Å². The standard InChI is InChI=1S/C16H13FN4O4/c17-11-6-2-1-5-10(11)12(22)9-18-15-14(21(24)25)16(23)20-8-4-3-7-13(20)19-15/h1-8,12,18,22H,9H2. The van der Waals surface area contributed by atoms with E-state index in [4.69, 9.17) is 0 Å². The van der Waals surface area contributed by atoms with Crippen LogP contribution in [0.2, 0.25) is 0 Å². The summed E-state index contributed by atoms with van der Waals surface area (Å²) >= 11 is 0. The molecule has 2 heterocycles. The molecule has 3 aromatic rings. The van der Waals surface area contributed by atoms with E-state index >= 15 is 0 Å². The van der Waals surface area contributed by atoms with Crippen molar-refractivity contribution in [2.45, 2.75) is 6.10 Å². The lowest BCUT2D eigenvalue weighted by Crippen LogP contribution is -2.23. The van der Waals surface area contributed by atoms with Gasteiger partial charge < -0.3 is 10.4 Å². The number of aliphatic hydroxyl groups excluding tert-OH is 1. The monoisotopic (exact) mass is 344 g/mol. The smallest absolute Gasteiger partial charge is 0.376 e. The number of halogens is 1. The molecule has 0 radical (unpaired) electrons. The van der Waals surface area contributed by atoms with Crippen molar-refractivity contribution in [2.75, 3.05) is 11.9 Å². The summed E-state index contributed by atoms with van der Waals surface area (Å²) in [5, 5.41) is 23.9. The number of hydrogen-bond acceptors (Lipinski definition) is 6. The fraction of sp³-hybridized carbons (Fsp3) is 0.125. The molecular weight excluding hydrogens is 331 g/mol. The van der Waals surface area contributed by atoms with E-state index in [1.807, 2.05) is 0 Å². The van der Waals surface area contributed by atoms with Crippen LogP contribution in [-0.4, -0.2) is 26.0 Å². The molecule has 0 saturated carbocycles. The summed E-state index contributed by atoms with van der Waals surface area (Å²) in [4.78, 5) is 26.7. The van der Waals surface area contributed by atoms with E-state index in [9.17, 15) is 24.4 Å². The van der Waals surface area contributed by atoms with Crippen molar-refractivity contribution >= 4 is 17.2 Å². The van der Waals surface area contributed by atoms with Crippen LogP contribution in [0.1, 0.15) is 11.7 Å². The minimum absolute atomic E-state index is 0.0372. The molecule has 0 aliphatic carbocycles. The first-order valence-corrected chi connectivity index (χ1v) is 7.31. The van der Waals surface area contributed by atoms with Crippen molar-refractivity contribution in [1.29, 1.82) is 0 Å². The van der Waals surface area contributed by atoms with Crippen LogP contribution in [0.4, 0.5) is 15.9 Å². The van der Waals surface area contributed by atoms with Gasteiger partial charge in [0.05, 0.1) is 11.0 Å². The Morgan fingerprint density at radius 3 is 2.72 bits per heavy atom. The van der Waals surface area contributed by atoms with Crippen LogP contribution >= 0.6 is 0 Å². The van der Waals surface area contributed by atoms with Gasteiger partial charge in [0, 0.05) is 18.3 Å². The number of anilines is 1. The number of rotatable bonds is 5. The van der Waals surface area contributed by atoms with Gasteiger partial charge in [-0.05, 0) is 18.2 Å². The summed E-state index contributed by atoms with van der Waals surface area (Å²) in [6.07, 6.45) is 0.104. The highest BCUT2D eigenvalue weighted by Gasteiger charge is 2.24. The second-order valence-electron chi connectivity index (χ2n) is 5.22. The first-order chi connectivity index (χ1) is 12.0. The van der Waals surface area contributed by atoms with Crippen molar-refractivity contribution in [3.8, 4) is 0 Å². The number of pyridine rings is 1. The van der Waals surface area contributed by atoms with E-state index < -0.39 is 28.1 Å². The zero-order valence-electron chi connectivity index (χ0n) is 12.8. The van der Waals surface area contributed by atoms with E-state index in [2.05, 4.69) is 10.3 Å². The Balaban J connectivity index is 1.96. The van der Waals surface area contributed by atoms with Gasteiger partial charge in [0.1, 0.15) is 11.5 Å². The molecule has 1 atom stereocenters. The minimum atomic E-state index is -1.27. The average molecular weight is 344 g/mol. The summed E-state index contributed by atoms with van der Waals surface area (Å²) in [5.74, 6) is -0.880. The van der Waals surface area contributed by atoms with Gasteiger partial charge in [-0.15, -0.1) is 0 Å². The van der Waals surface area contributed by atoms with Gasteiger partial charge in [-0.1, -0.05) is 24.3 Å². The van der Waals surface area contributed by atoms with Crippen LogP contribution in [0.5, 0.6) is 0 Å². The lowest BCUT2D eigenvalue weighted by molar-refractivity contribution is -0.385. The lowest BCUT2D eigenvalue weighted by Gasteiger charge is -2.13. The Labute approximate surface area is 140 Å². The van der Waals surface area contributed by atoms with Crippen LogP contribution in [0.15, 0.2) is 53.5 Å². The number of benzene rings is 1. The summed E-state index contributed by atoms with van der Waals surface area (Å²) in [5.41, 5.74) is -1.35. The van der Waals surface area contributed by atoms with Crippen LogP contribution in [0, 0.1) is 15.9 Å². The molecule has 9 heteroatoms. The van der Waals surface area contributed by atoms with Crippen molar-refractivity contribution in [3.63, 3.8) is 0 Å². The molecule has 2 aromatic heterocycles. The third-order valence-corrected chi connectivity index (χ3v) is 3.62. The van der Waals surface area contributed by atoms with Crippen LogP contribution < -0.4 is 10.9 Å². The largest absolute Gasteiger partial charge is 0.386 e. The maximum atomic E-state index is 13.7.